The van der Waals surface area contributed by atoms with Gasteiger partial charge in [0.2, 0.25) is 15.9 Å². The third-order valence-corrected chi connectivity index (χ3v) is 3.73. The minimum absolute atomic E-state index is 0.0360. The van der Waals surface area contributed by atoms with E-state index in [2.05, 4.69) is 16.6 Å². The summed E-state index contributed by atoms with van der Waals surface area (Å²) in [5.41, 5.74) is 0.232. The summed E-state index contributed by atoms with van der Waals surface area (Å²) in [6.45, 7) is 6.77. The van der Waals surface area contributed by atoms with Gasteiger partial charge in [-0.05, 0) is 32.1 Å². The Labute approximate surface area is 107 Å². The van der Waals surface area contributed by atoms with Crippen molar-refractivity contribution in [3.63, 3.8) is 0 Å². The highest BCUT2D eigenvalue weighted by Crippen LogP contribution is 2.20. The molecule has 0 bridgehead atoms. The summed E-state index contributed by atoms with van der Waals surface area (Å²) >= 11 is 0. The molecule has 0 aromatic heterocycles. The van der Waals surface area contributed by atoms with Crippen molar-refractivity contribution in [2.24, 2.45) is 0 Å². The lowest BCUT2D eigenvalue weighted by molar-refractivity contribution is -0.111. The van der Waals surface area contributed by atoms with Crippen LogP contribution in [0.5, 0.6) is 0 Å². The van der Waals surface area contributed by atoms with Crippen LogP contribution in [0.2, 0.25) is 0 Å². The lowest BCUT2D eigenvalue weighted by Crippen LogP contribution is -2.31. The number of carbonyl (C=O) groups is 1. The van der Waals surface area contributed by atoms with Gasteiger partial charge in [0, 0.05) is 6.04 Å². The van der Waals surface area contributed by atoms with Gasteiger partial charge in [-0.2, -0.15) is 0 Å². The van der Waals surface area contributed by atoms with E-state index in [1.807, 2.05) is 0 Å². The van der Waals surface area contributed by atoms with E-state index in [9.17, 15) is 13.2 Å². The molecule has 0 saturated carbocycles. The number of amides is 1. The number of hydrogen-bond acceptors (Lipinski definition) is 3. The fraction of sp³-hybridized carbons (Fsp3) is 0.250. The minimum Gasteiger partial charge on any atom is -0.321 e. The topological polar surface area (TPSA) is 75.3 Å². The molecule has 0 saturated heterocycles. The van der Waals surface area contributed by atoms with E-state index in [1.54, 1.807) is 26.0 Å². The number of hydrogen-bond donors (Lipinski definition) is 2. The lowest BCUT2D eigenvalue weighted by Gasteiger charge is -2.13. The van der Waals surface area contributed by atoms with Crippen LogP contribution in [-0.2, 0) is 14.8 Å². The molecule has 0 heterocycles. The molecule has 18 heavy (non-hydrogen) atoms. The van der Waals surface area contributed by atoms with Crippen molar-refractivity contribution in [2.75, 3.05) is 5.32 Å². The standard InChI is InChI=1S/C12H16N2O3S/c1-4-12(15)13-10-7-5-6-8-11(10)18(16,17)14-9(2)3/h4-9,14H,1H2,2-3H3,(H,13,15). The molecule has 0 atom stereocenters. The average Bonchev–Trinajstić information content (AvgIpc) is 2.27. The third-order valence-electron chi connectivity index (χ3n) is 2.01. The van der Waals surface area contributed by atoms with Gasteiger partial charge in [0.05, 0.1) is 5.69 Å². The van der Waals surface area contributed by atoms with Crippen LogP contribution in [-0.4, -0.2) is 20.4 Å². The molecule has 1 aromatic rings. The molecule has 0 aliphatic rings. The highest BCUT2D eigenvalue weighted by Gasteiger charge is 2.19. The maximum atomic E-state index is 12.0. The maximum Gasteiger partial charge on any atom is 0.247 e. The van der Waals surface area contributed by atoms with Crippen LogP contribution < -0.4 is 10.0 Å². The van der Waals surface area contributed by atoms with E-state index >= 15 is 0 Å². The zero-order valence-electron chi connectivity index (χ0n) is 10.3. The third kappa shape index (κ3) is 3.68. The van der Waals surface area contributed by atoms with Gasteiger partial charge in [-0.3, -0.25) is 4.79 Å². The largest absolute Gasteiger partial charge is 0.321 e. The van der Waals surface area contributed by atoms with Crippen LogP contribution in [0.3, 0.4) is 0 Å². The zero-order chi connectivity index (χ0) is 13.8. The van der Waals surface area contributed by atoms with Crippen molar-refractivity contribution in [3.8, 4) is 0 Å². The molecule has 0 radical (unpaired) electrons. The molecule has 0 aliphatic carbocycles. The van der Waals surface area contributed by atoms with Crippen molar-refractivity contribution in [1.29, 1.82) is 0 Å². The van der Waals surface area contributed by atoms with Crippen molar-refractivity contribution < 1.29 is 13.2 Å². The van der Waals surface area contributed by atoms with Crippen LogP contribution in [0.1, 0.15) is 13.8 Å². The SMILES string of the molecule is C=CC(=O)Nc1ccccc1S(=O)(=O)NC(C)C. The fourth-order valence-electron chi connectivity index (χ4n) is 1.36. The number of carbonyl (C=O) groups excluding carboxylic acids is 1. The van der Waals surface area contributed by atoms with Crippen molar-refractivity contribution in [2.45, 2.75) is 24.8 Å². The number of benzene rings is 1. The molecule has 0 aliphatic heterocycles. The highest BCUT2D eigenvalue weighted by atomic mass is 32.2. The summed E-state index contributed by atoms with van der Waals surface area (Å²) in [4.78, 5) is 11.3. The normalized spacial score (nSPS) is 11.3. The predicted octanol–water partition coefficient (Wildman–Crippen LogP) is 1.50. The summed E-state index contributed by atoms with van der Waals surface area (Å²) in [7, 11) is -3.64. The van der Waals surface area contributed by atoms with E-state index in [0.717, 1.165) is 6.08 Å². The molecular weight excluding hydrogens is 252 g/mol. The van der Waals surface area contributed by atoms with Gasteiger partial charge in [0.1, 0.15) is 4.90 Å². The molecule has 0 fully saturated rings. The Morgan fingerprint density at radius 2 is 1.94 bits per heavy atom. The molecule has 1 amide bonds. The van der Waals surface area contributed by atoms with Gasteiger partial charge in [-0.25, -0.2) is 13.1 Å². The predicted molar refractivity (Wildman–Crippen MR) is 70.7 cm³/mol. The highest BCUT2D eigenvalue weighted by molar-refractivity contribution is 7.89. The summed E-state index contributed by atoms with van der Waals surface area (Å²) in [5, 5.41) is 2.46. The Kier molecular flexibility index (Phi) is 4.63. The van der Waals surface area contributed by atoms with E-state index in [4.69, 9.17) is 0 Å². The lowest BCUT2D eigenvalue weighted by atomic mass is 10.3. The second-order valence-corrected chi connectivity index (χ2v) is 5.65. The number of rotatable bonds is 5. The first kappa shape index (κ1) is 14.4. The average molecular weight is 268 g/mol. The molecule has 1 rings (SSSR count). The first-order valence-corrected chi connectivity index (χ1v) is 6.90. The summed E-state index contributed by atoms with van der Waals surface area (Å²) in [6.07, 6.45) is 1.08. The second-order valence-electron chi connectivity index (χ2n) is 3.97. The smallest absolute Gasteiger partial charge is 0.247 e. The Morgan fingerprint density at radius 1 is 1.33 bits per heavy atom. The molecule has 1 aromatic carbocycles. The Morgan fingerprint density at radius 3 is 2.50 bits per heavy atom. The summed E-state index contributed by atoms with van der Waals surface area (Å²) < 4.78 is 26.6. The first-order chi connectivity index (χ1) is 8.36. The van der Waals surface area contributed by atoms with Crippen molar-refractivity contribution in [1.82, 2.24) is 4.72 Å². The van der Waals surface area contributed by atoms with Crippen LogP contribution in [0.4, 0.5) is 5.69 Å². The first-order valence-electron chi connectivity index (χ1n) is 5.41. The second kappa shape index (κ2) is 5.79. The maximum absolute atomic E-state index is 12.0. The van der Waals surface area contributed by atoms with Gasteiger partial charge in [0.15, 0.2) is 0 Å². The van der Waals surface area contributed by atoms with Crippen molar-refractivity contribution in [3.05, 3.63) is 36.9 Å². The van der Waals surface area contributed by atoms with E-state index in [0.29, 0.717) is 0 Å². The molecule has 2 N–H and O–H groups in total. The number of para-hydroxylation sites is 1. The van der Waals surface area contributed by atoms with E-state index < -0.39 is 15.9 Å². The molecule has 6 heteroatoms. The van der Waals surface area contributed by atoms with Crippen LogP contribution in [0, 0.1) is 0 Å². The van der Waals surface area contributed by atoms with Gasteiger partial charge in [-0.1, -0.05) is 18.7 Å². The molecule has 0 unspecified atom stereocenters. The van der Waals surface area contributed by atoms with Crippen LogP contribution >= 0.6 is 0 Å². The zero-order valence-corrected chi connectivity index (χ0v) is 11.1. The van der Waals surface area contributed by atoms with Gasteiger partial charge in [-0.15, -0.1) is 0 Å². The van der Waals surface area contributed by atoms with Crippen molar-refractivity contribution >= 4 is 21.6 Å². The van der Waals surface area contributed by atoms with Crippen LogP contribution in [0.15, 0.2) is 41.8 Å². The molecule has 0 spiro atoms. The van der Waals surface area contributed by atoms with E-state index in [1.165, 1.54) is 12.1 Å². The molecular formula is C12H16N2O3S. The fourth-order valence-corrected chi connectivity index (χ4v) is 2.78. The molecule has 98 valence electrons. The van der Waals surface area contributed by atoms with Gasteiger partial charge >= 0.3 is 0 Å². The number of nitrogens with one attached hydrogen (secondary N) is 2. The minimum atomic E-state index is -3.64. The Balaban J connectivity index is 3.16. The summed E-state index contributed by atoms with van der Waals surface area (Å²) in [5.74, 6) is -0.456. The van der Waals surface area contributed by atoms with E-state index in [-0.39, 0.29) is 16.6 Å². The molecule has 5 nitrogen and oxygen atoms in total. The van der Waals surface area contributed by atoms with Gasteiger partial charge < -0.3 is 5.32 Å². The number of sulfonamides is 1. The van der Waals surface area contributed by atoms with Crippen LogP contribution in [0.25, 0.3) is 0 Å². The summed E-state index contributed by atoms with van der Waals surface area (Å²) in [6, 6.07) is 5.98. The van der Waals surface area contributed by atoms with Gasteiger partial charge in [0.25, 0.3) is 0 Å². The quantitative estimate of drug-likeness (QED) is 0.795. The number of anilines is 1. The monoisotopic (exact) mass is 268 g/mol. The Bertz CT molecular complexity index is 550. The Hall–Kier alpha value is -1.66.